The number of amides is 3. The first-order chi connectivity index (χ1) is 13.7. The van der Waals surface area contributed by atoms with Gasteiger partial charge >= 0.3 is 6.09 Å². The van der Waals surface area contributed by atoms with E-state index in [1.807, 2.05) is 24.3 Å². The summed E-state index contributed by atoms with van der Waals surface area (Å²) in [5, 5.41) is 8.07. The smallest absolute Gasteiger partial charge is 0.408 e. The van der Waals surface area contributed by atoms with Gasteiger partial charge in [-0.15, -0.1) is 0 Å². The van der Waals surface area contributed by atoms with E-state index in [0.29, 0.717) is 11.4 Å². The number of hydrogen-bond acceptors (Lipinski definition) is 4. The van der Waals surface area contributed by atoms with Gasteiger partial charge in [0.2, 0.25) is 11.8 Å². The molecule has 7 nitrogen and oxygen atoms in total. The summed E-state index contributed by atoms with van der Waals surface area (Å²) in [5.41, 5.74) is 0.569. The summed E-state index contributed by atoms with van der Waals surface area (Å²) < 4.78 is 5.24. The Kier molecular flexibility index (Phi) is 7.77. The van der Waals surface area contributed by atoms with Crippen LogP contribution in [0.1, 0.15) is 33.6 Å². The van der Waals surface area contributed by atoms with Gasteiger partial charge in [0.25, 0.3) is 0 Å². The summed E-state index contributed by atoms with van der Waals surface area (Å²) in [6, 6.07) is 17.0. The summed E-state index contributed by atoms with van der Waals surface area (Å²) >= 11 is 0. The molecule has 2 aromatic carbocycles. The van der Waals surface area contributed by atoms with Crippen LogP contribution in [-0.4, -0.2) is 29.6 Å². The van der Waals surface area contributed by atoms with Crippen molar-refractivity contribution in [3.63, 3.8) is 0 Å². The zero-order valence-corrected chi connectivity index (χ0v) is 16.9. The van der Waals surface area contributed by atoms with Gasteiger partial charge in [-0.25, -0.2) is 4.79 Å². The molecule has 0 spiro atoms. The van der Waals surface area contributed by atoms with Crippen LogP contribution >= 0.6 is 0 Å². The van der Waals surface area contributed by atoms with Crippen LogP contribution in [0.5, 0.6) is 0 Å². The highest BCUT2D eigenvalue weighted by Crippen LogP contribution is 2.12. The predicted octanol–water partition coefficient (Wildman–Crippen LogP) is 3.94. The largest absolute Gasteiger partial charge is 0.444 e. The molecule has 0 saturated heterocycles. The van der Waals surface area contributed by atoms with E-state index >= 15 is 0 Å². The number of benzene rings is 2. The fourth-order valence-electron chi connectivity index (χ4n) is 2.49. The Balaban J connectivity index is 1.99. The van der Waals surface area contributed by atoms with Crippen LogP contribution in [0.2, 0.25) is 0 Å². The molecule has 3 N–H and O–H groups in total. The second-order valence-electron chi connectivity index (χ2n) is 7.51. The van der Waals surface area contributed by atoms with Crippen molar-refractivity contribution < 1.29 is 19.1 Å². The van der Waals surface area contributed by atoms with Gasteiger partial charge in [0.05, 0.1) is 0 Å². The molecule has 0 bridgehead atoms. The van der Waals surface area contributed by atoms with E-state index in [9.17, 15) is 14.4 Å². The number of hydrogen-bond donors (Lipinski definition) is 3. The maximum Gasteiger partial charge on any atom is 0.408 e. The molecule has 1 atom stereocenters. The van der Waals surface area contributed by atoms with Crippen LogP contribution in [0.15, 0.2) is 60.7 Å². The molecule has 0 saturated carbocycles. The Labute approximate surface area is 170 Å². The summed E-state index contributed by atoms with van der Waals surface area (Å²) in [6.45, 7) is 5.21. The Hall–Kier alpha value is -3.35. The van der Waals surface area contributed by atoms with E-state index in [-0.39, 0.29) is 18.7 Å². The lowest BCUT2D eigenvalue weighted by atomic mass is 10.1. The molecule has 0 aromatic heterocycles. The van der Waals surface area contributed by atoms with Crippen molar-refractivity contribution in [2.24, 2.45) is 0 Å². The number of rotatable bonds is 7. The number of nitrogens with one attached hydrogen (secondary N) is 3. The Bertz CT molecular complexity index is 817. The lowest BCUT2D eigenvalue weighted by Gasteiger charge is -2.23. The second kappa shape index (κ2) is 10.3. The molecular formula is C22H27N3O4. The molecule has 0 aliphatic rings. The highest BCUT2D eigenvalue weighted by molar-refractivity contribution is 5.97. The van der Waals surface area contributed by atoms with Crippen molar-refractivity contribution in [3.05, 3.63) is 60.7 Å². The number of anilines is 2. The minimum Gasteiger partial charge on any atom is -0.444 e. The topological polar surface area (TPSA) is 96.5 Å². The lowest BCUT2D eigenvalue weighted by Crippen LogP contribution is -2.46. The zero-order chi connectivity index (χ0) is 21.3. The van der Waals surface area contributed by atoms with Crippen molar-refractivity contribution in [1.82, 2.24) is 5.32 Å². The third-order valence-electron chi connectivity index (χ3n) is 3.77. The van der Waals surface area contributed by atoms with E-state index in [2.05, 4.69) is 16.0 Å². The van der Waals surface area contributed by atoms with Crippen LogP contribution in [0, 0.1) is 0 Å². The van der Waals surface area contributed by atoms with E-state index in [1.54, 1.807) is 57.2 Å². The molecule has 0 radical (unpaired) electrons. The van der Waals surface area contributed by atoms with Crippen LogP contribution < -0.4 is 16.0 Å². The SMILES string of the molecule is CC(C)(C)OC(=O)NC(CCC(=O)Nc1ccccc1)C(=O)Nc1ccccc1. The standard InChI is InChI=1S/C22H27N3O4/c1-22(2,3)29-21(28)25-18(20(27)24-17-12-8-5-9-13-17)14-15-19(26)23-16-10-6-4-7-11-16/h4-13,18H,14-15H2,1-3H3,(H,23,26)(H,24,27)(H,25,28). The summed E-state index contributed by atoms with van der Waals surface area (Å²) in [5.74, 6) is -0.672. The lowest BCUT2D eigenvalue weighted by molar-refractivity contribution is -0.119. The number of ether oxygens (including phenoxy) is 1. The summed E-state index contributed by atoms with van der Waals surface area (Å²) in [7, 11) is 0. The number of carbonyl (C=O) groups is 3. The summed E-state index contributed by atoms with van der Waals surface area (Å²) in [4.78, 5) is 37.0. The summed E-state index contributed by atoms with van der Waals surface area (Å²) in [6.07, 6.45) is -0.539. The molecule has 0 aliphatic carbocycles. The highest BCUT2D eigenvalue weighted by atomic mass is 16.6. The second-order valence-corrected chi connectivity index (χ2v) is 7.51. The van der Waals surface area contributed by atoms with Gasteiger partial charge in [-0.3, -0.25) is 9.59 Å². The van der Waals surface area contributed by atoms with Crippen molar-refractivity contribution in [2.45, 2.75) is 45.3 Å². The number of para-hydroxylation sites is 2. The van der Waals surface area contributed by atoms with Gasteiger partial charge < -0.3 is 20.7 Å². The fourth-order valence-corrected chi connectivity index (χ4v) is 2.49. The maximum absolute atomic E-state index is 12.7. The fraction of sp³-hybridized carbons (Fsp3) is 0.318. The van der Waals surface area contributed by atoms with Gasteiger partial charge in [0.1, 0.15) is 11.6 Å². The monoisotopic (exact) mass is 397 g/mol. The predicted molar refractivity (Wildman–Crippen MR) is 113 cm³/mol. The van der Waals surface area contributed by atoms with Gasteiger partial charge in [-0.05, 0) is 51.5 Å². The minimum atomic E-state index is -0.924. The van der Waals surface area contributed by atoms with Gasteiger partial charge in [0, 0.05) is 17.8 Å². The molecule has 2 aromatic rings. The number of alkyl carbamates (subject to hydrolysis) is 1. The van der Waals surface area contributed by atoms with Crippen LogP contribution in [-0.2, 0) is 14.3 Å². The Morgan fingerprint density at radius 2 is 1.38 bits per heavy atom. The molecule has 154 valence electrons. The highest BCUT2D eigenvalue weighted by Gasteiger charge is 2.25. The Morgan fingerprint density at radius 3 is 1.90 bits per heavy atom. The van der Waals surface area contributed by atoms with Crippen molar-refractivity contribution in [3.8, 4) is 0 Å². The van der Waals surface area contributed by atoms with Crippen LogP contribution in [0.25, 0.3) is 0 Å². The van der Waals surface area contributed by atoms with Crippen molar-refractivity contribution in [2.75, 3.05) is 10.6 Å². The van der Waals surface area contributed by atoms with Crippen LogP contribution in [0.4, 0.5) is 16.2 Å². The third-order valence-corrected chi connectivity index (χ3v) is 3.77. The average Bonchev–Trinajstić information content (AvgIpc) is 2.65. The first-order valence-electron chi connectivity index (χ1n) is 9.43. The minimum absolute atomic E-state index is 0.0531. The number of carbonyl (C=O) groups excluding carboxylic acids is 3. The van der Waals surface area contributed by atoms with E-state index in [0.717, 1.165) is 0 Å². The first-order valence-corrected chi connectivity index (χ1v) is 9.43. The van der Waals surface area contributed by atoms with Gasteiger partial charge in [0.15, 0.2) is 0 Å². The van der Waals surface area contributed by atoms with Gasteiger partial charge in [-0.1, -0.05) is 36.4 Å². The molecule has 0 heterocycles. The molecule has 3 amide bonds. The van der Waals surface area contributed by atoms with E-state index in [4.69, 9.17) is 4.74 Å². The van der Waals surface area contributed by atoms with Crippen LogP contribution in [0.3, 0.4) is 0 Å². The molecule has 0 aliphatic heterocycles. The molecular weight excluding hydrogens is 370 g/mol. The molecule has 2 rings (SSSR count). The zero-order valence-electron chi connectivity index (χ0n) is 16.9. The normalized spacial score (nSPS) is 11.8. The quantitative estimate of drug-likeness (QED) is 0.659. The Morgan fingerprint density at radius 1 is 0.862 bits per heavy atom. The third kappa shape index (κ3) is 8.47. The first kappa shape index (κ1) is 21.9. The average molecular weight is 397 g/mol. The van der Waals surface area contributed by atoms with E-state index in [1.165, 1.54) is 0 Å². The molecule has 29 heavy (non-hydrogen) atoms. The van der Waals surface area contributed by atoms with Gasteiger partial charge in [-0.2, -0.15) is 0 Å². The molecule has 7 heteroatoms. The maximum atomic E-state index is 12.7. The van der Waals surface area contributed by atoms with Crippen molar-refractivity contribution in [1.29, 1.82) is 0 Å². The molecule has 0 fully saturated rings. The van der Waals surface area contributed by atoms with Crippen molar-refractivity contribution >= 4 is 29.3 Å². The van der Waals surface area contributed by atoms with E-state index < -0.39 is 23.6 Å². The molecule has 1 unspecified atom stereocenters.